The number of aryl methyl sites for hydroxylation is 1. The van der Waals surface area contributed by atoms with Crippen LogP contribution in [0.4, 0.5) is 0 Å². The van der Waals surface area contributed by atoms with E-state index in [2.05, 4.69) is 44.4 Å². The Morgan fingerprint density at radius 3 is 2.58 bits per heavy atom. The van der Waals surface area contributed by atoms with Gasteiger partial charge in [-0.3, -0.25) is 9.59 Å². The number of rotatable bonds is 7. The van der Waals surface area contributed by atoms with Gasteiger partial charge in [0.15, 0.2) is 0 Å². The molecule has 1 aliphatic heterocycles. The van der Waals surface area contributed by atoms with E-state index in [4.69, 9.17) is 11.6 Å². The van der Waals surface area contributed by atoms with Crippen molar-refractivity contribution >= 4 is 34.8 Å². The molecule has 2 aromatic rings. The van der Waals surface area contributed by atoms with Crippen LogP contribution in [0.1, 0.15) is 55.3 Å². The summed E-state index contributed by atoms with van der Waals surface area (Å²) in [5.74, 6) is 0.414. The molecule has 1 aromatic carbocycles. The summed E-state index contributed by atoms with van der Waals surface area (Å²) in [6.07, 6.45) is 0.854. The fourth-order valence-electron chi connectivity index (χ4n) is 4.21. The molecule has 3 rings (SSSR count). The summed E-state index contributed by atoms with van der Waals surface area (Å²) in [5, 5.41) is 2.11. The lowest BCUT2D eigenvalue weighted by atomic mass is 9.90. The van der Waals surface area contributed by atoms with Gasteiger partial charge in [0.1, 0.15) is 0 Å². The van der Waals surface area contributed by atoms with Crippen LogP contribution in [0.3, 0.4) is 0 Å². The molecule has 4 nitrogen and oxygen atoms in total. The van der Waals surface area contributed by atoms with Crippen molar-refractivity contribution in [3.63, 3.8) is 0 Å². The van der Waals surface area contributed by atoms with Crippen molar-refractivity contribution in [2.45, 2.75) is 47.1 Å². The van der Waals surface area contributed by atoms with Crippen LogP contribution in [0.2, 0.25) is 0 Å². The van der Waals surface area contributed by atoms with Gasteiger partial charge in [-0.05, 0) is 61.2 Å². The quantitative estimate of drug-likeness (QED) is 0.527. The molecule has 0 radical (unpaired) electrons. The number of nitrogens with zero attached hydrogens (tertiary/aromatic N) is 2. The van der Waals surface area contributed by atoms with Gasteiger partial charge < -0.3 is 9.80 Å². The maximum absolute atomic E-state index is 13.6. The molecule has 0 fully saturated rings. The van der Waals surface area contributed by atoms with Crippen LogP contribution in [0.25, 0.3) is 0 Å². The third kappa shape index (κ3) is 5.15. The van der Waals surface area contributed by atoms with Crippen molar-refractivity contribution < 1.29 is 9.59 Å². The van der Waals surface area contributed by atoms with Gasteiger partial charge in [-0.2, -0.15) is 0 Å². The summed E-state index contributed by atoms with van der Waals surface area (Å²) in [4.78, 5) is 31.8. The second-order valence-electron chi connectivity index (χ2n) is 9.49. The molecular formula is C25H33ClN2O2S. The minimum Gasteiger partial charge on any atom is -0.333 e. The Labute approximate surface area is 195 Å². The summed E-state index contributed by atoms with van der Waals surface area (Å²) in [5.41, 5.74) is 2.83. The molecular weight excluding hydrogens is 428 g/mol. The lowest BCUT2D eigenvalue weighted by Gasteiger charge is -2.39. The number of amides is 2. The van der Waals surface area contributed by atoms with Crippen LogP contribution in [0.15, 0.2) is 35.7 Å². The van der Waals surface area contributed by atoms with Crippen LogP contribution < -0.4 is 0 Å². The lowest BCUT2D eigenvalue weighted by molar-refractivity contribution is -0.146. The Hall–Kier alpha value is -1.85. The molecule has 1 aliphatic rings. The number of hydrogen-bond donors (Lipinski definition) is 0. The van der Waals surface area contributed by atoms with Crippen LogP contribution in [-0.4, -0.2) is 47.1 Å². The number of thiophene rings is 1. The van der Waals surface area contributed by atoms with Gasteiger partial charge >= 0.3 is 0 Å². The van der Waals surface area contributed by atoms with E-state index in [9.17, 15) is 9.59 Å². The molecule has 168 valence electrons. The van der Waals surface area contributed by atoms with Gasteiger partial charge in [-0.15, -0.1) is 22.9 Å². The normalized spacial score (nSPS) is 16.4. The Kier molecular flexibility index (Phi) is 7.48. The van der Waals surface area contributed by atoms with Crippen molar-refractivity contribution in [1.82, 2.24) is 9.80 Å². The van der Waals surface area contributed by atoms with E-state index in [0.29, 0.717) is 13.1 Å². The minimum atomic E-state index is -0.700. The molecule has 6 heteroatoms. The van der Waals surface area contributed by atoms with Crippen LogP contribution >= 0.6 is 22.9 Å². The zero-order valence-electron chi connectivity index (χ0n) is 19.2. The number of benzene rings is 1. The van der Waals surface area contributed by atoms with Gasteiger partial charge in [0.05, 0.1) is 18.0 Å². The van der Waals surface area contributed by atoms with Crippen LogP contribution in [-0.2, 0) is 16.0 Å². The minimum absolute atomic E-state index is 0.00974. The molecule has 31 heavy (non-hydrogen) atoms. The average Bonchev–Trinajstić information content (AvgIpc) is 3.21. The molecule has 2 heterocycles. The molecule has 0 spiro atoms. The average molecular weight is 461 g/mol. The van der Waals surface area contributed by atoms with Crippen LogP contribution in [0, 0.1) is 18.3 Å². The second kappa shape index (κ2) is 9.74. The molecule has 0 saturated heterocycles. The number of carbonyl (C=O) groups is 2. The van der Waals surface area contributed by atoms with E-state index < -0.39 is 5.41 Å². The predicted molar refractivity (Wildman–Crippen MR) is 129 cm³/mol. The van der Waals surface area contributed by atoms with Crippen LogP contribution in [0.5, 0.6) is 0 Å². The first-order valence-corrected chi connectivity index (χ1v) is 12.3. The van der Waals surface area contributed by atoms with E-state index in [-0.39, 0.29) is 36.2 Å². The summed E-state index contributed by atoms with van der Waals surface area (Å²) < 4.78 is 0. The van der Waals surface area contributed by atoms with E-state index in [1.807, 2.05) is 30.9 Å². The molecule has 0 aliphatic carbocycles. The number of halogens is 1. The van der Waals surface area contributed by atoms with Crippen molar-refractivity contribution in [3.8, 4) is 0 Å². The monoisotopic (exact) mass is 460 g/mol. The van der Waals surface area contributed by atoms with Crippen molar-refractivity contribution in [2.24, 2.45) is 11.3 Å². The topological polar surface area (TPSA) is 40.6 Å². The van der Waals surface area contributed by atoms with Gasteiger partial charge in [-0.1, -0.05) is 38.1 Å². The Bertz CT molecular complexity index is 937. The highest BCUT2D eigenvalue weighted by Gasteiger charge is 2.37. The van der Waals surface area contributed by atoms with Gasteiger partial charge in [0.2, 0.25) is 11.8 Å². The predicted octanol–water partition coefficient (Wildman–Crippen LogP) is 5.28. The van der Waals surface area contributed by atoms with Gasteiger partial charge in [0, 0.05) is 23.8 Å². The first kappa shape index (κ1) is 23.8. The summed E-state index contributed by atoms with van der Waals surface area (Å²) in [6, 6.07) is 10.3. The van der Waals surface area contributed by atoms with Gasteiger partial charge in [-0.25, -0.2) is 0 Å². The molecule has 0 N–H and O–H groups in total. The highest BCUT2D eigenvalue weighted by atomic mass is 35.5. The van der Waals surface area contributed by atoms with Gasteiger partial charge in [0.25, 0.3) is 0 Å². The largest absolute Gasteiger partial charge is 0.333 e. The molecule has 1 unspecified atom stereocenters. The van der Waals surface area contributed by atoms with E-state index in [1.165, 1.54) is 16.0 Å². The van der Waals surface area contributed by atoms with Crippen molar-refractivity contribution in [1.29, 1.82) is 0 Å². The summed E-state index contributed by atoms with van der Waals surface area (Å²) >= 11 is 7.84. The standard InChI is InChI=1S/C25H33ClN2O2S/c1-17(2)14-27(24(30)25(4,5)16-26)15-22(29)28-12-10-21-20(11-13-31-21)23(28)19-9-7-6-8-18(19)3/h6-9,11,13,17,23H,10,12,14-16H2,1-5H3. The fraction of sp³-hybridized carbons (Fsp3) is 0.520. The molecule has 0 bridgehead atoms. The number of alkyl halides is 1. The second-order valence-corrected chi connectivity index (χ2v) is 10.8. The first-order valence-electron chi connectivity index (χ1n) is 10.9. The van der Waals surface area contributed by atoms with E-state index in [1.54, 1.807) is 16.2 Å². The molecule has 2 amide bonds. The molecule has 1 atom stereocenters. The zero-order valence-corrected chi connectivity index (χ0v) is 20.7. The fourth-order valence-corrected chi connectivity index (χ4v) is 5.23. The first-order chi connectivity index (χ1) is 14.7. The zero-order chi connectivity index (χ0) is 22.8. The number of carbonyl (C=O) groups excluding carboxylic acids is 2. The summed E-state index contributed by atoms with van der Waals surface area (Å²) in [7, 11) is 0. The van der Waals surface area contributed by atoms with Crippen molar-refractivity contribution in [2.75, 3.05) is 25.5 Å². The number of hydrogen-bond acceptors (Lipinski definition) is 3. The number of fused-ring (bicyclic) bond motifs is 1. The third-order valence-electron chi connectivity index (χ3n) is 5.88. The third-order valence-corrected chi connectivity index (χ3v) is 7.55. The Morgan fingerprint density at radius 2 is 1.94 bits per heavy atom. The highest BCUT2D eigenvalue weighted by molar-refractivity contribution is 7.10. The van der Waals surface area contributed by atoms with E-state index in [0.717, 1.165) is 12.0 Å². The Balaban J connectivity index is 1.92. The lowest BCUT2D eigenvalue weighted by Crippen LogP contribution is -2.50. The summed E-state index contributed by atoms with van der Waals surface area (Å²) in [6.45, 7) is 11.2. The molecule has 0 saturated carbocycles. The smallest absolute Gasteiger partial charge is 0.242 e. The molecule has 1 aromatic heterocycles. The highest BCUT2D eigenvalue weighted by Crippen LogP contribution is 2.39. The maximum atomic E-state index is 13.6. The van der Waals surface area contributed by atoms with E-state index >= 15 is 0 Å². The maximum Gasteiger partial charge on any atom is 0.242 e. The van der Waals surface area contributed by atoms with Crippen molar-refractivity contribution in [3.05, 3.63) is 57.3 Å². The Morgan fingerprint density at radius 1 is 1.23 bits per heavy atom. The SMILES string of the molecule is Cc1ccccc1C1c2ccsc2CCN1C(=O)CN(CC(C)C)C(=O)C(C)(C)CCl.